The summed E-state index contributed by atoms with van der Waals surface area (Å²) in [6.45, 7) is 12.1. The molecule has 0 radical (unpaired) electrons. The van der Waals surface area contributed by atoms with Crippen LogP contribution in [0.3, 0.4) is 0 Å². The van der Waals surface area contributed by atoms with Gasteiger partial charge in [0.2, 0.25) is 0 Å². The lowest BCUT2D eigenvalue weighted by atomic mass is 9.91. The van der Waals surface area contributed by atoms with Crippen LogP contribution < -0.4 is 0 Å². The number of aliphatic hydroxyl groups excluding tert-OH is 2. The molecule has 10 heteroatoms. The third-order valence-electron chi connectivity index (χ3n) is 6.10. The van der Waals surface area contributed by atoms with Gasteiger partial charge in [0.25, 0.3) is 0 Å². The summed E-state index contributed by atoms with van der Waals surface area (Å²) in [6, 6.07) is 0. The zero-order valence-corrected chi connectivity index (χ0v) is 24.5. The van der Waals surface area contributed by atoms with E-state index in [4.69, 9.17) is 29.2 Å². The van der Waals surface area contributed by atoms with Gasteiger partial charge >= 0.3 is 23.9 Å². The maximum atomic E-state index is 11.6. The van der Waals surface area contributed by atoms with Gasteiger partial charge in [0.05, 0.1) is 24.0 Å². The van der Waals surface area contributed by atoms with Crippen molar-refractivity contribution in [3.63, 3.8) is 0 Å². The number of carbonyl (C=O) groups excluding carboxylic acids is 4. The summed E-state index contributed by atoms with van der Waals surface area (Å²) in [7, 11) is 0. The van der Waals surface area contributed by atoms with E-state index in [1.54, 1.807) is 0 Å². The maximum absolute atomic E-state index is 11.6. The maximum Gasteiger partial charge on any atom is 0.311 e. The Balaban J connectivity index is 0. The number of cyclic esters (lactones) is 1. The lowest BCUT2D eigenvalue weighted by Gasteiger charge is -2.20. The fraction of sp³-hybridized carbons (Fsp3) is 0.857. The van der Waals surface area contributed by atoms with E-state index in [1.807, 2.05) is 41.5 Å². The van der Waals surface area contributed by atoms with Crippen molar-refractivity contribution in [1.29, 1.82) is 0 Å². The third-order valence-corrected chi connectivity index (χ3v) is 6.10. The molecule has 0 bridgehead atoms. The fourth-order valence-corrected chi connectivity index (χ4v) is 2.54. The Morgan fingerprint density at radius 2 is 1.32 bits per heavy atom. The first-order valence-corrected chi connectivity index (χ1v) is 13.7. The predicted molar refractivity (Wildman–Crippen MR) is 143 cm³/mol. The molecule has 0 aliphatic carbocycles. The smallest absolute Gasteiger partial charge is 0.311 e. The van der Waals surface area contributed by atoms with E-state index in [0.29, 0.717) is 38.7 Å². The minimum absolute atomic E-state index is 0.0255. The molecular formula is C28H52O10. The van der Waals surface area contributed by atoms with Gasteiger partial charge < -0.3 is 29.2 Å². The summed E-state index contributed by atoms with van der Waals surface area (Å²) >= 11 is 0. The molecule has 10 nitrogen and oxygen atoms in total. The van der Waals surface area contributed by atoms with Crippen LogP contribution in [-0.4, -0.2) is 73.7 Å². The van der Waals surface area contributed by atoms with Crippen LogP contribution in [0.25, 0.3) is 0 Å². The van der Waals surface area contributed by atoms with E-state index in [1.165, 1.54) is 0 Å². The van der Waals surface area contributed by atoms with Crippen LogP contribution in [-0.2, 0) is 38.1 Å². The van der Waals surface area contributed by atoms with Gasteiger partial charge in [-0.15, -0.1) is 0 Å². The number of esters is 4. The van der Waals surface area contributed by atoms with Gasteiger partial charge in [-0.1, -0.05) is 20.3 Å². The highest BCUT2D eigenvalue weighted by molar-refractivity contribution is 5.76. The molecule has 0 unspecified atom stereocenters. The monoisotopic (exact) mass is 548 g/mol. The Bertz CT molecular complexity index is 648. The standard InChI is InChI=1S/C14H26O5.C8H16O3.C6H10O2/c1-4-14(2,3)13(17)19-11-10-18-12(16)8-6-5-7-9-15;1-4-8(2,3)7(10)11-6-5-9;7-6-4-2-1-3-5-8-6/h15H,4-11H2,1-3H3;9H,4-6H2,1-3H3;1-5H2. The van der Waals surface area contributed by atoms with Gasteiger partial charge in [-0.3, -0.25) is 19.2 Å². The van der Waals surface area contributed by atoms with Gasteiger partial charge in [-0.25, -0.2) is 0 Å². The van der Waals surface area contributed by atoms with Crippen molar-refractivity contribution in [2.24, 2.45) is 10.8 Å². The van der Waals surface area contributed by atoms with Crippen molar-refractivity contribution in [1.82, 2.24) is 0 Å². The van der Waals surface area contributed by atoms with Crippen LogP contribution in [0.4, 0.5) is 0 Å². The summed E-state index contributed by atoms with van der Waals surface area (Å²) < 4.78 is 19.5. The highest BCUT2D eigenvalue weighted by Gasteiger charge is 2.27. The molecule has 0 saturated carbocycles. The molecule has 0 spiro atoms. The van der Waals surface area contributed by atoms with Crippen LogP contribution in [0.1, 0.15) is 106 Å². The van der Waals surface area contributed by atoms with E-state index in [9.17, 15) is 19.2 Å². The van der Waals surface area contributed by atoms with Gasteiger partial charge in [0.15, 0.2) is 0 Å². The van der Waals surface area contributed by atoms with Crippen LogP contribution in [0.5, 0.6) is 0 Å². The summed E-state index contributed by atoms with van der Waals surface area (Å²) in [4.78, 5) is 44.5. The Labute approximate surface area is 228 Å². The lowest BCUT2D eigenvalue weighted by Crippen LogP contribution is -2.27. The number of ether oxygens (including phenoxy) is 4. The number of unbranched alkanes of at least 4 members (excludes halogenated alkanes) is 2. The highest BCUT2D eigenvalue weighted by Crippen LogP contribution is 2.21. The van der Waals surface area contributed by atoms with Gasteiger partial charge in [-0.05, 0) is 72.6 Å². The van der Waals surface area contributed by atoms with E-state index in [0.717, 1.165) is 32.1 Å². The average Bonchev–Trinajstić information content (AvgIpc) is 3.15. The van der Waals surface area contributed by atoms with Crippen LogP contribution in [0, 0.1) is 10.8 Å². The van der Waals surface area contributed by atoms with Crippen molar-refractivity contribution in [2.75, 3.05) is 39.6 Å². The minimum atomic E-state index is -0.492. The van der Waals surface area contributed by atoms with Gasteiger partial charge in [0, 0.05) is 19.4 Å². The molecule has 0 atom stereocenters. The number of aliphatic hydroxyl groups is 2. The Hall–Kier alpha value is -2.20. The molecule has 1 fully saturated rings. The molecule has 1 saturated heterocycles. The summed E-state index contributed by atoms with van der Waals surface area (Å²) in [5, 5.41) is 17.0. The molecule has 0 aromatic rings. The topological polar surface area (TPSA) is 146 Å². The van der Waals surface area contributed by atoms with Gasteiger partial charge in [-0.2, -0.15) is 0 Å². The lowest BCUT2D eigenvalue weighted by molar-refractivity contribution is -0.159. The molecular weight excluding hydrogens is 496 g/mol. The Morgan fingerprint density at radius 3 is 1.84 bits per heavy atom. The van der Waals surface area contributed by atoms with Crippen molar-refractivity contribution in [3.05, 3.63) is 0 Å². The molecule has 0 aromatic heterocycles. The SMILES string of the molecule is CCC(C)(C)C(=O)OCCO.CCC(C)(C)C(=O)OCCOC(=O)CCCCCO.O=C1CCCCCO1. The van der Waals surface area contributed by atoms with E-state index in [2.05, 4.69) is 0 Å². The summed E-state index contributed by atoms with van der Waals surface area (Å²) in [5.74, 6) is -0.825. The highest BCUT2D eigenvalue weighted by atomic mass is 16.6. The molecule has 1 heterocycles. The van der Waals surface area contributed by atoms with E-state index < -0.39 is 10.8 Å². The Kier molecular flexibility index (Phi) is 22.7. The molecule has 2 N–H and O–H groups in total. The van der Waals surface area contributed by atoms with E-state index >= 15 is 0 Å². The molecule has 224 valence electrons. The molecule has 1 aliphatic rings. The largest absolute Gasteiger partial charge is 0.466 e. The number of hydrogen-bond donors (Lipinski definition) is 2. The van der Waals surface area contributed by atoms with E-state index in [-0.39, 0.29) is 56.9 Å². The first-order chi connectivity index (χ1) is 17.9. The predicted octanol–water partition coefficient (Wildman–Crippen LogP) is 4.12. The van der Waals surface area contributed by atoms with Crippen molar-refractivity contribution in [3.8, 4) is 0 Å². The minimum Gasteiger partial charge on any atom is -0.466 e. The zero-order valence-electron chi connectivity index (χ0n) is 24.5. The zero-order chi connectivity index (χ0) is 29.5. The number of hydrogen-bond acceptors (Lipinski definition) is 10. The second kappa shape index (κ2) is 22.8. The quantitative estimate of drug-likeness (QED) is 0.185. The van der Waals surface area contributed by atoms with Crippen molar-refractivity contribution >= 4 is 23.9 Å². The van der Waals surface area contributed by atoms with Crippen LogP contribution >= 0.6 is 0 Å². The van der Waals surface area contributed by atoms with Gasteiger partial charge in [0.1, 0.15) is 19.8 Å². The van der Waals surface area contributed by atoms with Crippen molar-refractivity contribution in [2.45, 2.75) is 106 Å². The summed E-state index contributed by atoms with van der Waals surface area (Å²) in [6.07, 6.45) is 7.85. The van der Waals surface area contributed by atoms with Crippen molar-refractivity contribution < 1.29 is 48.3 Å². The number of rotatable bonds is 14. The van der Waals surface area contributed by atoms with Crippen LogP contribution in [0.2, 0.25) is 0 Å². The second-order valence-electron chi connectivity index (χ2n) is 10.3. The molecule has 0 amide bonds. The number of carbonyl (C=O) groups is 4. The second-order valence-corrected chi connectivity index (χ2v) is 10.3. The van der Waals surface area contributed by atoms with Crippen LogP contribution in [0.15, 0.2) is 0 Å². The fourth-order valence-electron chi connectivity index (χ4n) is 2.54. The average molecular weight is 549 g/mol. The molecule has 38 heavy (non-hydrogen) atoms. The summed E-state index contributed by atoms with van der Waals surface area (Å²) in [5.41, 5.74) is -0.913. The molecule has 0 aromatic carbocycles. The third kappa shape index (κ3) is 20.8. The normalized spacial score (nSPS) is 13.4. The first-order valence-electron chi connectivity index (χ1n) is 13.7. The Morgan fingerprint density at radius 1 is 0.763 bits per heavy atom. The molecule has 1 aliphatic heterocycles. The molecule has 1 rings (SSSR count). The first kappa shape index (κ1) is 37.9.